The Labute approximate surface area is 64.3 Å². The van der Waals surface area contributed by atoms with Crippen LogP contribution in [0.2, 0.25) is 0 Å². The zero-order valence-electron chi connectivity index (χ0n) is 7.52. The van der Waals surface area contributed by atoms with E-state index in [-0.39, 0.29) is 0 Å². The fourth-order valence-corrected chi connectivity index (χ4v) is 1.47. The van der Waals surface area contributed by atoms with Gasteiger partial charge >= 0.3 is 0 Å². The Kier molecular flexibility index (Phi) is 2.18. The van der Waals surface area contributed by atoms with Gasteiger partial charge in [-0.2, -0.15) is 0 Å². The van der Waals surface area contributed by atoms with E-state index in [0.29, 0.717) is 0 Å². The molecular formula is C10H18. The van der Waals surface area contributed by atoms with Crippen LogP contribution < -0.4 is 0 Å². The van der Waals surface area contributed by atoms with Crippen LogP contribution in [0.15, 0.2) is 11.6 Å². The van der Waals surface area contributed by atoms with Gasteiger partial charge in [0, 0.05) is 0 Å². The molecule has 0 heterocycles. The zero-order chi connectivity index (χ0) is 7.72. The molecule has 0 bridgehead atoms. The summed E-state index contributed by atoms with van der Waals surface area (Å²) in [6.45, 7) is 9.22. The van der Waals surface area contributed by atoms with Gasteiger partial charge in [0.1, 0.15) is 0 Å². The molecule has 0 saturated heterocycles. The van der Waals surface area contributed by atoms with Crippen LogP contribution in [-0.4, -0.2) is 0 Å². The summed E-state index contributed by atoms with van der Waals surface area (Å²) in [6.07, 6.45) is 3.77. The monoisotopic (exact) mass is 138 g/mol. The summed E-state index contributed by atoms with van der Waals surface area (Å²) < 4.78 is 0. The van der Waals surface area contributed by atoms with Crippen LogP contribution in [0.1, 0.15) is 34.1 Å². The molecule has 0 saturated carbocycles. The van der Waals surface area contributed by atoms with E-state index in [4.69, 9.17) is 0 Å². The first-order chi connectivity index (χ1) is 4.61. The van der Waals surface area contributed by atoms with E-state index < -0.39 is 0 Å². The first kappa shape index (κ1) is 7.84. The van der Waals surface area contributed by atoms with Gasteiger partial charge in [0.25, 0.3) is 0 Å². The molecule has 1 aliphatic rings. The highest BCUT2D eigenvalue weighted by molar-refractivity contribution is 5.18. The maximum atomic E-state index is 2.42. The summed E-state index contributed by atoms with van der Waals surface area (Å²) in [7, 11) is 0. The van der Waals surface area contributed by atoms with Crippen LogP contribution in [0, 0.1) is 17.8 Å². The van der Waals surface area contributed by atoms with E-state index in [2.05, 4.69) is 33.8 Å². The first-order valence-electron chi connectivity index (χ1n) is 4.32. The summed E-state index contributed by atoms with van der Waals surface area (Å²) in [5.74, 6) is 2.49. The Morgan fingerprint density at radius 3 is 2.20 bits per heavy atom. The van der Waals surface area contributed by atoms with Gasteiger partial charge in [-0.3, -0.25) is 0 Å². The lowest BCUT2D eigenvalue weighted by molar-refractivity contribution is 0.426. The Balaban J connectivity index is 2.44. The van der Waals surface area contributed by atoms with Crippen molar-refractivity contribution in [2.24, 2.45) is 17.8 Å². The standard InChI is InChI=1S/C10H18/c1-7(2)9(4)10-5-8(3)6-10/h5,7-9H,6H2,1-4H3. The van der Waals surface area contributed by atoms with Crippen LogP contribution in [0.5, 0.6) is 0 Å². The number of allylic oxidation sites excluding steroid dienone is 2. The Morgan fingerprint density at radius 1 is 1.40 bits per heavy atom. The van der Waals surface area contributed by atoms with E-state index in [1.807, 2.05) is 0 Å². The summed E-state index contributed by atoms with van der Waals surface area (Å²) in [5, 5.41) is 0. The number of hydrogen-bond acceptors (Lipinski definition) is 0. The minimum atomic E-state index is 0.816. The van der Waals surface area contributed by atoms with Crippen molar-refractivity contribution >= 4 is 0 Å². The van der Waals surface area contributed by atoms with Crippen molar-refractivity contribution in [1.82, 2.24) is 0 Å². The third kappa shape index (κ3) is 1.42. The van der Waals surface area contributed by atoms with Crippen molar-refractivity contribution in [2.75, 3.05) is 0 Å². The van der Waals surface area contributed by atoms with Crippen LogP contribution in [0.3, 0.4) is 0 Å². The molecule has 0 aliphatic heterocycles. The maximum absolute atomic E-state index is 2.42. The van der Waals surface area contributed by atoms with Crippen molar-refractivity contribution in [2.45, 2.75) is 34.1 Å². The number of rotatable bonds is 2. The topological polar surface area (TPSA) is 0 Å². The molecule has 0 aromatic heterocycles. The van der Waals surface area contributed by atoms with Gasteiger partial charge in [0.05, 0.1) is 0 Å². The normalized spacial score (nSPS) is 27.7. The van der Waals surface area contributed by atoms with Gasteiger partial charge in [-0.15, -0.1) is 0 Å². The molecule has 1 rings (SSSR count). The second-order valence-electron chi connectivity index (χ2n) is 3.96. The van der Waals surface area contributed by atoms with Crippen molar-refractivity contribution in [3.8, 4) is 0 Å². The Bertz CT molecular complexity index is 142. The van der Waals surface area contributed by atoms with Crippen LogP contribution >= 0.6 is 0 Å². The Hall–Kier alpha value is -0.260. The molecule has 1 aliphatic carbocycles. The van der Waals surface area contributed by atoms with E-state index in [9.17, 15) is 0 Å². The maximum Gasteiger partial charge on any atom is -0.0208 e. The summed E-state index contributed by atoms with van der Waals surface area (Å²) in [4.78, 5) is 0. The van der Waals surface area contributed by atoms with Gasteiger partial charge in [0.2, 0.25) is 0 Å². The zero-order valence-corrected chi connectivity index (χ0v) is 7.52. The van der Waals surface area contributed by atoms with Crippen LogP contribution in [0.4, 0.5) is 0 Å². The van der Waals surface area contributed by atoms with Crippen molar-refractivity contribution in [3.05, 3.63) is 11.6 Å². The predicted molar refractivity (Wildman–Crippen MR) is 45.9 cm³/mol. The van der Waals surface area contributed by atoms with E-state index >= 15 is 0 Å². The first-order valence-corrected chi connectivity index (χ1v) is 4.32. The molecule has 2 atom stereocenters. The largest absolute Gasteiger partial charge is 0.0819 e. The van der Waals surface area contributed by atoms with Crippen molar-refractivity contribution in [1.29, 1.82) is 0 Å². The van der Waals surface area contributed by atoms with E-state index in [1.54, 1.807) is 5.57 Å². The fourth-order valence-electron chi connectivity index (χ4n) is 1.47. The molecule has 0 nitrogen and oxygen atoms in total. The molecule has 0 amide bonds. The molecule has 0 aromatic rings. The minimum Gasteiger partial charge on any atom is -0.0819 e. The second-order valence-corrected chi connectivity index (χ2v) is 3.96. The quantitative estimate of drug-likeness (QED) is 0.514. The molecule has 0 fully saturated rings. The molecule has 10 heavy (non-hydrogen) atoms. The minimum absolute atomic E-state index is 0.816. The van der Waals surface area contributed by atoms with E-state index in [1.165, 1.54) is 6.42 Å². The average molecular weight is 138 g/mol. The lowest BCUT2D eigenvalue weighted by atomic mass is 9.77. The molecule has 0 aromatic carbocycles. The second kappa shape index (κ2) is 2.77. The average Bonchev–Trinajstić information content (AvgIpc) is 1.79. The van der Waals surface area contributed by atoms with Crippen molar-refractivity contribution < 1.29 is 0 Å². The predicted octanol–water partition coefficient (Wildman–Crippen LogP) is 3.24. The molecular weight excluding hydrogens is 120 g/mol. The van der Waals surface area contributed by atoms with Gasteiger partial charge in [-0.1, -0.05) is 39.3 Å². The highest BCUT2D eigenvalue weighted by Crippen LogP contribution is 2.34. The van der Waals surface area contributed by atoms with Gasteiger partial charge in [-0.25, -0.2) is 0 Å². The lowest BCUT2D eigenvalue weighted by Crippen LogP contribution is -2.16. The highest BCUT2D eigenvalue weighted by Gasteiger charge is 2.21. The van der Waals surface area contributed by atoms with E-state index in [0.717, 1.165) is 17.8 Å². The molecule has 0 spiro atoms. The molecule has 2 unspecified atom stereocenters. The highest BCUT2D eigenvalue weighted by atomic mass is 14.3. The number of hydrogen-bond donors (Lipinski definition) is 0. The lowest BCUT2D eigenvalue weighted by Gasteiger charge is -2.29. The molecule has 0 radical (unpaired) electrons. The summed E-state index contributed by atoms with van der Waals surface area (Å²) in [5.41, 5.74) is 1.68. The SMILES string of the molecule is CC1C=C(C(C)C(C)C)C1. The third-order valence-corrected chi connectivity index (χ3v) is 2.64. The van der Waals surface area contributed by atoms with Crippen LogP contribution in [0.25, 0.3) is 0 Å². The Morgan fingerprint density at radius 2 is 1.90 bits per heavy atom. The third-order valence-electron chi connectivity index (χ3n) is 2.64. The summed E-state index contributed by atoms with van der Waals surface area (Å²) in [6, 6.07) is 0. The van der Waals surface area contributed by atoms with Crippen molar-refractivity contribution in [3.63, 3.8) is 0 Å². The van der Waals surface area contributed by atoms with Gasteiger partial charge in [-0.05, 0) is 24.2 Å². The molecule has 0 N–H and O–H groups in total. The fraction of sp³-hybridized carbons (Fsp3) is 0.800. The molecule has 0 heteroatoms. The van der Waals surface area contributed by atoms with Gasteiger partial charge < -0.3 is 0 Å². The smallest absolute Gasteiger partial charge is 0.0208 e. The van der Waals surface area contributed by atoms with Crippen LogP contribution in [-0.2, 0) is 0 Å². The van der Waals surface area contributed by atoms with Gasteiger partial charge in [0.15, 0.2) is 0 Å². The summed E-state index contributed by atoms with van der Waals surface area (Å²) >= 11 is 0. The molecule has 58 valence electrons.